The summed E-state index contributed by atoms with van der Waals surface area (Å²) in [5.74, 6) is 0.947. The first kappa shape index (κ1) is 11.4. The fraction of sp³-hybridized carbons (Fsp3) is 0.538. The van der Waals surface area contributed by atoms with Crippen LogP contribution in [-0.2, 0) is 16.7 Å². The Labute approximate surface area is 96.5 Å². The minimum absolute atomic E-state index is 0.350. The van der Waals surface area contributed by atoms with Crippen molar-refractivity contribution in [3.05, 3.63) is 29.3 Å². The number of benzene rings is 1. The van der Waals surface area contributed by atoms with Gasteiger partial charge in [0.1, 0.15) is 5.75 Å². The first-order valence-electron chi connectivity index (χ1n) is 5.65. The van der Waals surface area contributed by atoms with Crippen LogP contribution in [0, 0.1) is 0 Å². The molecule has 2 rings (SSSR count). The Hall–Kier alpha value is -1.06. The van der Waals surface area contributed by atoms with Gasteiger partial charge in [-0.2, -0.15) is 0 Å². The van der Waals surface area contributed by atoms with Gasteiger partial charge in [-0.15, -0.1) is 0 Å². The zero-order valence-electron chi connectivity index (χ0n) is 9.95. The molecule has 0 radical (unpaired) electrons. The smallest absolute Gasteiger partial charge is 0.122 e. The summed E-state index contributed by atoms with van der Waals surface area (Å²) < 4.78 is 10.6. The van der Waals surface area contributed by atoms with E-state index in [4.69, 9.17) is 15.2 Å². The predicted molar refractivity (Wildman–Crippen MR) is 63.7 cm³/mol. The molecule has 1 aromatic carbocycles. The number of rotatable bonds is 3. The Morgan fingerprint density at radius 2 is 2.19 bits per heavy atom. The van der Waals surface area contributed by atoms with Crippen molar-refractivity contribution in [2.45, 2.75) is 24.8 Å². The van der Waals surface area contributed by atoms with Gasteiger partial charge < -0.3 is 15.2 Å². The van der Waals surface area contributed by atoms with Gasteiger partial charge in [-0.1, -0.05) is 12.1 Å². The van der Waals surface area contributed by atoms with E-state index < -0.39 is 0 Å². The third-order valence-corrected chi connectivity index (χ3v) is 3.34. The zero-order chi connectivity index (χ0) is 11.6. The molecule has 88 valence electrons. The maximum Gasteiger partial charge on any atom is 0.122 e. The maximum absolute atomic E-state index is 6.42. The van der Waals surface area contributed by atoms with Gasteiger partial charge in [0.05, 0.1) is 19.3 Å². The summed E-state index contributed by atoms with van der Waals surface area (Å²) in [7, 11) is 3.40. The molecule has 2 N–H and O–H groups in total. The van der Waals surface area contributed by atoms with Gasteiger partial charge in [0.2, 0.25) is 0 Å². The summed E-state index contributed by atoms with van der Waals surface area (Å²) in [5.41, 5.74) is 8.50. The second-order valence-corrected chi connectivity index (χ2v) is 4.43. The second kappa shape index (κ2) is 4.44. The highest BCUT2D eigenvalue weighted by atomic mass is 16.5. The fourth-order valence-corrected chi connectivity index (χ4v) is 2.60. The van der Waals surface area contributed by atoms with Crippen LogP contribution in [0.5, 0.6) is 5.75 Å². The highest BCUT2D eigenvalue weighted by Gasteiger charge is 2.33. The predicted octanol–water partition coefficient (Wildman–Crippen LogP) is 1.83. The molecule has 1 aromatic rings. The van der Waals surface area contributed by atoms with E-state index >= 15 is 0 Å². The Morgan fingerprint density at radius 3 is 2.88 bits per heavy atom. The molecule has 0 bridgehead atoms. The first-order valence-corrected chi connectivity index (χ1v) is 5.65. The zero-order valence-corrected chi connectivity index (χ0v) is 9.95. The summed E-state index contributed by atoms with van der Waals surface area (Å²) in [6.07, 6.45) is 3.11. The topological polar surface area (TPSA) is 44.5 Å². The molecule has 0 saturated heterocycles. The van der Waals surface area contributed by atoms with Crippen LogP contribution in [0.4, 0.5) is 0 Å². The lowest BCUT2D eigenvalue weighted by atomic mass is 9.77. The molecule has 16 heavy (non-hydrogen) atoms. The molecule has 1 aliphatic carbocycles. The van der Waals surface area contributed by atoms with Crippen LogP contribution in [0.15, 0.2) is 18.2 Å². The molecule has 3 heteroatoms. The van der Waals surface area contributed by atoms with E-state index in [1.807, 2.05) is 12.1 Å². The standard InChI is InChI=1S/C13H19NO2/c1-15-9-13(14)8-4-5-10-11(13)6-3-7-12(10)16-2/h3,6-7H,4-5,8-9,14H2,1-2H3. The van der Waals surface area contributed by atoms with E-state index in [1.54, 1.807) is 14.2 Å². The van der Waals surface area contributed by atoms with E-state index in [-0.39, 0.29) is 5.54 Å². The van der Waals surface area contributed by atoms with Crippen LogP contribution < -0.4 is 10.5 Å². The molecule has 1 atom stereocenters. The molecule has 0 fully saturated rings. The third kappa shape index (κ3) is 1.81. The molecule has 0 heterocycles. The lowest BCUT2D eigenvalue weighted by molar-refractivity contribution is 0.120. The molecule has 0 spiro atoms. The van der Waals surface area contributed by atoms with Crippen molar-refractivity contribution in [3.8, 4) is 5.75 Å². The van der Waals surface area contributed by atoms with Crippen molar-refractivity contribution in [2.75, 3.05) is 20.8 Å². The number of fused-ring (bicyclic) bond motifs is 1. The molecule has 0 aliphatic heterocycles. The molecule has 0 saturated carbocycles. The number of hydrogen-bond donors (Lipinski definition) is 1. The maximum atomic E-state index is 6.42. The van der Waals surface area contributed by atoms with E-state index in [2.05, 4.69) is 6.07 Å². The Kier molecular flexibility index (Phi) is 3.17. The second-order valence-electron chi connectivity index (χ2n) is 4.43. The Bertz CT molecular complexity index is 378. The van der Waals surface area contributed by atoms with E-state index in [1.165, 1.54) is 11.1 Å². The summed E-state index contributed by atoms with van der Waals surface area (Å²) in [5, 5.41) is 0. The van der Waals surface area contributed by atoms with Crippen molar-refractivity contribution in [2.24, 2.45) is 5.73 Å². The normalized spacial score (nSPS) is 23.9. The molecule has 1 aliphatic rings. The molecule has 3 nitrogen and oxygen atoms in total. The average Bonchev–Trinajstić information content (AvgIpc) is 2.29. The van der Waals surface area contributed by atoms with Crippen LogP contribution >= 0.6 is 0 Å². The van der Waals surface area contributed by atoms with Crippen molar-refractivity contribution >= 4 is 0 Å². The quantitative estimate of drug-likeness (QED) is 0.847. The fourth-order valence-electron chi connectivity index (χ4n) is 2.60. The SMILES string of the molecule is COCC1(N)CCCc2c(OC)cccc21. The minimum atomic E-state index is -0.350. The highest BCUT2D eigenvalue weighted by Crippen LogP contribution is 2.37. The van der Waals surface area contributed by atoms with Crippen LogP contribution in [0.2, 0.25) is 0 Å². The minimum Gasteiger partial charge on any atom is -0.496 e. The van der Waals surface area contributed by atoms with Crippen LogP contribution in [-0.4, -0.2) is 20.8 Å². The van der Waals surface area contributed by atoms with Gasteiger partial charge in [-0.05, 0) is 36.5 Å². The van der Waals surface area contributed by atoms with Gasteiger partial charge in [-0.3, -0.25) is 0 Å². The number of ether oxygens (including phenoxy) is 2. The van der Waals surface area contributed by atoms with Crippen molar-refractivity contribution in [1.29, 1.82) is 0 Å². The number of methoxy groups -OCH3 is 2. The van der Waals surface area contributed by atoms with Gasteiger partial charge in [-0.25, -0.2) is 0 Å². The van der Waals surface area contributed by atoms with Gasteiger partial charge >= 0.3 is 0 Å². The van der Waals surface area contributed by atoms with E-state index in [0.717, 1.165) is 25.0 Å². The lowest BCUT2D eigenvalue weighted by Gasteiger charge is -2.35. The number of hydrogen-bond acceptors (Lipinski definition) is 3. The van der Waals surface area contributed by atoms with Crippen LogP contribution in [0.1, 0.15) is 24.0 Å². The molecular formula is C13H19NO2. The van der Waals surface area contributed by atoms with Gasteiger partial charge in [0, 0.05) is 7.11 Å². The number of nitrogens with two attached hydrogens (primary N) is 1. The molecule has 1 unspecified atom stereocenters. The largest absolute Gasteiger partial charge is 0.496 e. The van der Waals surface area contributed by atoms with Crippen molar-refractivity contribution < 1.29 is 9.47 Å². The van der Waals surface area contributed by atoms with Gasteiger partial charge in [0.25, 0.3) is 0 Å². The Morgan fingerprint density at radius 1 is 1.38 bits per heavy atom. The monoisotopic (exact) mass is 221 g/mol. The highest BCUT2D eigenvalue weighted by molar-refractivity contribution is 5.45. The van der Waals surface area contributed by atoms with Crippen molar-refractivity contribution in [1.82, 2.24) is 0 Å². The van der Waals surface area contributed by atoms with E-state index in [9.17, 15) is 0 Å². The van der Waals surface area contributed by atoms with Crippen molar-refractivity contribution in [3.63, 3.8) is 0 Å². The first-order chi connectivity index (χ1) is 7.71. The van der Waals surface area contributed by atoms with Gasteiger partial charge in [0.15, 0.2) is 0 Å². The molecule has 0 aromatic heterocycles. The summed E-state index contributed by atoms with van der Waals surface area (Å²) in [6, 6.07) is 6.09. The Balaban J connectivity index is 2.46. The lowest BCUT2D eigenvalue weighted by Crippen LogP contribution is -2.44. The van der Waals surface area contributed by atoms with E-state index in [0.29, 0.717) is 6.61 Å². The molecule has 0 amide bonds. The van der Waals surface area contributed by atoms with Crippen LogP contribution in [0.3, 0.4) is 0 Å². The summed E-state index contributed by atoms with van der Waals surface area (Å²) in [4.78, 5) is 0. The molecular weight excluding hydrogens is 202 g/mol. The summed E-state index contributed by atoms with van der Waals surface area (Å²) >= 11 is 0. The third-order valence-electron chi connectivity index (χ3n) is 3.34. The summed E-state index contributed by atoms with van der Waals surface area (Å²) in [6.45, 7) is 0.563. The van der Waals surface area contributed by atoms with Crippen LogP contribution in [0.25, 0.3) is 0 Å². The average molecular weight is 221 g/mol.